The van der Waals surface area contributed by atoms with Gasteiger partial charge in [-0.3, -0.25) is 9.59 Å². The van der Waals surface area contributed by atoms with E-state index in [1.54, 1.807) is 31.2 Å². The number of carbonyl (C=O) groups is 2. The molecule has 0 aliphatic carbocycles. The molecule has 0 heterocycles. The minimum absolute atomic E-state index is 0.00261. The van der Waals surface area contributed by atoms with Gasteiger partial charge in [0.2, 0.25) is 11.8 Å². The first-order valence-electron chi connectivity index (χ1n) is 7.64. The number of anilines is 1. The summed E-state index contributed by atoms with van der Waals surface area (Å²) in [6, 6.07) is 6.08. The third-order valence-electron chi connectivity index (χ3n) is 3.15. The fourth-order valence-corrected chi connectivity index (χ4v) is 1.93. The fourth-order valence-electron chi connectivity index (χ4n) is 1.93. The number of hydrogen-bond donors (Lipinski definition) is 3. The predicted molar refractivity (Wildman–Crippen MR) is 94.0 cm³/mol. The van der Waals surface area contributed by atoms with Crippen LogP contribution in [-0.2, 0) is 20.8 Å². The Labute approximate surface area is 145 Å². The summed E-state index contributed by atoms with van der Waals surface area (Å²) < 4.78 is 0. The van der Waals surface area contributed by atoms with Crippen LogP contribution < -0.4 is 16.4 Å². The van der Waals surface area contributed by atoms with E-state index in [1.165, 1.54) is 0 Å². The van der Waals surface area contributed by atoms with E-state index in [-0.39, 0.29) is 31.3 Å². The summed E-state index contributed by atoms with van der Waals surface area (Å²) in [7, 11) is 0. The molecule has 0 saturated carbocycles. The molecule has 0 aromatic heterocycles. The molecule has 4 N–H and O–H groups in total. The molecule has 0 saturated heterocycles. The Morgan fingerprint density at radius 3 is 2.68 bits per heavy atom. The maximum absolute atomic E-state index is 12.2. The molecule has 0 spiro atoms. The van der Waals surface area contributed by atoms with Crippen LogP contribution in [-0.4, -0.2) is 31.0 Å². The highest BCUT2D eigenvalue weighted by molar-refractivity contribution is 5.88. The van der Waals surface area contributed by atoms with E-state index >= 15 is 0 Å². The maximum Gasteiger partial charge on any atom is 0.242 e. The topological polar surface area (TPSA) is 142 Å². The number of carbonyl (C=O) groups excluding carboxylic acids is 2. The number of benzene rings is 1. The molecule has 1 aromatic carbocycles. The van der Waals surface area contributed by atoms with Crippen molar-refractivity contribution in [2.75, 3.05) is 18.9 Å². The molecule has 9 heteroatoms. The normalized spacial score (nSPS) is 10.9. The van der Waals surface area contributed by atoms with Crippen molar-refractivity contribution in [3.05, 3.63) is 52.4 Å². The first-order valence-corrected chi connectivity index (χ1v) is 7.64. The standard InChI is InChI=1S/C16H22N6O3/c1-11(2)10-19-16(24)14(7-8-25-22-21-18)20-15(23)9-12-3-5-13(17)6-4-12/h3-6,14H,1,7-10,17H2,2H3,(H,19,24)(H,20,23). The van der Waals surface area contributed by atoms with Crippen LogP contribution in [0.15, 0.2) is 41.7 Å². The zero-order chi connectivity index (χ0) is 18.7. The summed E-state index contributed by atoms with van der Waals surface area (Å²) in [6.45, 7) is 5.79. The number of nitrogens with one attached hydrogen (secondary N) is 2. The van der Waals surface area contributed by atoms with Crippen LogP contribution in [0, 0.1) is 0 Å². The van der Waals surface area contributed by atoms with Crippen molar-refractivity contribution in [1.29, 1.82) is 0 Å². The van der Waals surface area contributed by atoms with Gasteiger partial charge in [-0.05, 0) is 30.2 Å². The van der Waals surface area contributed by atoms with E-state index in [1.807, 2.05) is 0 Å². The SMILES string of the molecule is C=C(C)CNC(=O)C(CCON=[N+]=[N-])NC(=O)Cc1ccc(N)cc1. The van der Waals surface area contributed by atoms with Gasteiger partial charge in [0.15, 0.2) is 0 Å². The number of nitrogens with two attached hydrogens (primary N) is 1. The molecule has 134 valence electrons. The highest BCUT2D eigenvalue weighted by atomic mass is 16.6. The van der Waals surface area contributed by atoms with Crippen molar-refractivity contribution in [2.24, 2.45) is 5.28 Å². The highest BCUT2D eigenvalue weighted by Crippen LogP contribution is 2.06. The molecule has 0 radical (unpaired) electrons. The van der Waals surface area contributed by atoms with Gasteiger partial charge in [0, 0.05) is 23.6 Å². The molecule has 0 fully saturated rings. The third-order valence-corrected chi connectivity index (χ3v) is 3.15. The van der Waals surface area contributed by atoms with E-state index in [2.05, 4.69) is 32.2 Å². The lowest BCUT2D eigenvalue weighted by atomic mass is 10.1. The van der Waals surface area contributed by atoms with Gasteiger partial charge >= 0.3 is 0 Å². The Hall–Kier alpha value is -3.19. The first-order chi connectivity index (χ1) is 11.9. The molecular weight excluding hydrogens is 324 g/mol. The van der Waals surface area contributed by atoms with Gasteiger partial charge in [0.1, 0.15) is 11.3 Å². The molecule has 1 aromatic rings. The highest BCUT2D eigenvalue weighted by Gasteiger charge is 2.20. The molecule has 1 atom stereocenters. The predicted octanol–water partition coefficient (Wildman–Crippen LogP) is 1.62. The van der Waals surface area contributed by atoms with E-state index < -0.39 is 6.04 Å². The summed E-state index contributed by atoms with van der Waals surface area (Å²) in [5.41, 5.74) is 16.0. The van der Waals surface area contributed by atoms with Crippen LogP contribution in [0.1, 0.15) is 18.9 Å². The first kappa shape index (κ1) is 19.9. The minimum atomic E-state index is -0.811. The van der Waals surface area contributed by atoms with Gasteiger partial charge in [-0.2, -0.15) is 0 Å². The van der Waals surface area contributed by atoms with E-state index in [0.29, 0.717) is 12.2 Å². The second-order valence-electron chi connectivity index (χ2n) is 5.51. The molecule has 1 rings (SSSR count). The Morgan fingerprint density at radius 2 is 2.08 bits per heavy atom. The second-order valence-corrected chi connectivity index (χ2v) is 5.51. The van der Waals surface area contributed by atoms with Crippen molar-refractivity contribution in [3.8, 4) is 0 Å². The largest absolute Gasteiger partial charge is 0.433 e. The quantitative estimate of drug-likeness (QED) is 0.112. The summed E-state index contributed by atoms with van der Waals surface area (Å²) in [4.78, 5) is 31.5. The second kappa shape index (κ2) is 10.6. The Bertz CT molecular complexity index is 652. The van der Waals surface area contributed by atoms with Crippen molar-refractivity contribution in [2.45, 2.75) is 25.8 Å². The average molecular weight is 346 g/mol. The summed E-state index contributed by atoms with van der Waals surface area (Å²) in [6.07, 6.45) is 0.274. The van der Waals surface area contributed by atoms with Crippen LogP contribution in [0.5, 0.6) is 0 Å². The zero-order valence-corrected chi connectivity index (χ0v) is 14.1. The van der Waals surface area contributed by atoms with Crippen LogP contribution >= 0.6 is 0 Å². The van der Waals surface area contributed by atoms with E-state index in [4.69, 9.17) is 11.3 Å². The lowest BCUT2D eigenvalue weighted by Gasteiger charge is -2.18. The number of nitrogen functional groups attached to an aromatic ring is 1. The van der Waals surface area contributed by atoms with Gasteiger partial charge in [-0.25, -0.2) is 0 Å². The van der Waals surface area contributed by atoms with Gasteiger partial charge in [-0.1, -0.05) is 24.3 Å². The zero-order valence-electron chi connectivity index (χ0n) is 14.1. The van der Waals surface area contributed by atoms with Crippen molar-refractivity contribution >= 4 is 17.5 Å². The number of amides is 2. The van der Waals surface area contributed by atoms with Gasteiger partial charge in [-0.15, -0.1) is 0 Å². The Balaban J connectivity index is 2.64. The smallest absolute Gasteiger partial charge is 0.242 e. The van der Waals surface area contributed by atoms with Gasteiger partial charge in [0.25, 0.3) is 0 Å². The summed E-state index contributed by atoms with van der Waals surface area (Å²) >= 11 is 0. The maximum atomic E-state index is 12.2. The average Bonchev–Trinajstić information content (AvgIpc) is 2.57. The number of rotatable bonds is 10. The lowest BCUT2D eigenvalue weighted by molar-refractivity contribution is -0.129. The van der Waals surface area contributed by atoms with Crippen molar-refractivity contribution < 1.29 is 14.4 Å². The lowest BCUT2D eigenvalue weighted by Crippen LogP contribution is -2.48. The fraction of sp³-hybridized carbons (Fsp3) is 0.375. The van der Waals surface area contributed by atoms with E-state index in [9.17, 15) is 9.59 Å². The molecular formula is C16H22N6O3. The van der Waals surface area contributed by atoms with Crippen LogP contribution in [0.4, 0.5) is 5.69 Å². The van der Waals surface area contributed by atoms with Crippen LogP contribution in [0.3, 0.4) is 0 Å². The van der Waals surface area contributed by atoms with Crippen LogP contribution in [0.2, 0.25) is 0 Å². The molecule has 0 aliphatic heterocycles. The third kappa shape index (κ3) is 8.29. The van der Waals surface area contributed by atoms with Crippen LogP contribution in [0.25, 0.3) is 10.4 Å². The number of azide groups is 1. The minimum Gasteiger partial charge on any atom is -0.433 e. The van der Waals surface area contributed by atoms with E-state index in [0.717, 1.165) is 11.1 Å². The monoisotopic (exact) mass is 346 g/mol. The Kier molecular flexibility index (Phi) is 8.39. The molecule has 2 amide bonds. The molecule has 1 unspecified atom stereocenters. The summed E-state index contributed by atoms with van der Waals surface area (Å²) in [5.74, 6) is -0.678. The Morgan fingerprint density at radius 1 is 1.40 bits per heavy atom. The summed E-state index contributed by atoms with van der Waals surface area (Å²) in [5, 5.41) is 8.27. The molecule has 0 bridgehead atoms. The van der Waals surface area contributed by atoms with Gasteiger partial charge in [0.05, 0.1) is 13.0 Å². The molecule has 0 aliphatic rings. The van der Waals surface area contributed by atoms with Crippen molar-refractivity contribution in [1.82, 2.24) is 10.6 Å². The number of hydrogen-bond acceptors (Lipinski definition) is 5. The van der Waals surface area contributed by atoms with Gasteiger partial charge < -0.3 is 21.2 Å². The molecule has 9 nitrogen and oxygen atoms in total. The molecule has 25 heavy (non-hydrogen) atoms. The van der Waals surface area contributed by atoms with Crippen molar-refractivity contribution in [3.63, 3.8) is 0 Å². The number of nitrogens with zero attached hydrogens (tertiary/aromatic N) is 3.